The summed E-state index contributed by atoms with van der Waals surface area (Å²) in [6.07, 6.45) is 4.32. The average Bonchev–Trinajstić information content (AvgIpc) is 3.40. The molecule has 0 aliphatic carbocycles. The molecule has 0 atom stereocenters. The van der Waals surface area contributed by atoms with Crippen molar-refractivity contribution in [3.8, 4) is 0 Å². The molecule has 3 N–H and O–H groups in total. The van der Waals surface area contributed by atoms with Crippen molar-refractivity contribution in [2.24, 2.45) is 0 Å². The highest BCUT2D eigenvalue weighted by Crippen LogP contribution is 2.27. The number of nitrogen functional groups attached to an aromatic ring is 1. The van der Waals surface area contributed by atoms with Crippen LogP contribution in [-0.2, 0) is 13.0 Å². The van der Waals surface area contributed by atoms with Crippen LogP contribution in [0.15, 0.2) is 79.1 Å². The van der Waals surface area contributed by atoms with E-state index in [4.69, 9.17) is 5.73 Å². The number of anilines is 2. The van der Waals surface area contributed by atoms with Crippen LogP contribution in [0.3, 0.4) is 0 Å². The zero-order chi connectivity index (χ0) is 28.1. The summed E-state index contributed by atoms with van der Waals surface area (Å²) in [4.78, 5) is 37.3. The fraction of sp³-hybridized carbons (Fsp3) is 0.250. The first-order valence-corrected chi connectivity index (χ1v) is 13.6. The maximum Gasteiger partial charge on any atom is 0.233 e. The number of benzene rings is 3. The number of carbonyl (C=O) groups is 2. The molecule has 2 aromatic heterocycles. The van der Waals surface area contributed by atoms with Crippen LogP contribution in [0.2, 0.25) is 0 Å². The van der Waals surface area contributed by atoms with E-state index >= 15 is 0 Å². The smallest absolute Gasteiger partial charge is 0.233 e. The summed E-state index contributed by atoms with van der Waals surface area (Å²) in [5.74, 6) is -0.518. The number of imidazole rings is 1. The molecule has 0 spiro atoms. The monoisotopic (exact) mass is 534 g/mol. The number of carbonyl (C=O) groups excluding carboxylic acids is 2. The molecule has 0 unspecified atom stereocenters. The van der Waals surface area contributed by atoms with Crippen LogP contribution in [0.4, 0.5) is 11.5 Å². The van der Waals surface area contributed by atoms with E-state index in [2.05, 4.69) is 30.8 Å². The summed E-state index contributed by atoms with van der Waals surface area (Å²) in [5, 5.41) is 4.57. The van der Waals surface area contributed by atoms with E-state index < -0.39 is 11.6 Å². The molecule has 8 nitrogen and oxygen atoms in total. The second-order valence-electron chi connectivity index (χ2n) is 10.2. The third-order valence-electron chi connectivity index (χ3n) is 7.09. The minimum Gasteiger partial charge on any atom is -0.385 e. The van der Waals surface area contributed by atoms with E-state index in [0.29, 0.717) is 23.4 Å². The molecule has 0 radical (unpaired) electrons. The molecule has 40 heavy (non-hydrogen) atoms. The van der Waals surface area contributed by atoms with Crippen LogP contribution < -0.4 is 11.1 Å². The lowest BCUT2D eigenvalue weighted by Gasteiger charge is -2.18. The van der Waals surface area contributed by atoms with Gasteiger partial charge in [-0.1, -0.05) is 60.7 Å². The normalized spacial score (nSPS) is 11.4. The van der Waals surface area contributed by atoms with E-state index in [1.807, 2.05) is 56.8 Å². The maximum atomic E-state index is 13.3. The summed E-state index contributed by atoms with van der Waals surface area (Å²) < 4.78 is 2.15. The molecule has 0 amide bonds. The van der Waals surface area contributed by atoms with Gasteiger partial charge in [-0.05, 0) is 51.1 Å². The van der Waals surface area contributed by atoms with Gasteiger partial charge >= 0.3 is 0 Å². The number of ketones is 2. The Morgan fingerprint density at radius 3 is 2.50 bits per heavy atom. The van der Waals surface area contributed by atoms with Crippen molar-refractivity contribution < 1.29 is 9.59 Å². The molecule has 0 saturated carbocycles. The average molecular weight is 535 g/mol. The van der Waals surface area contributed by atoms with E-state index in [1.165, 1.54) is 0 Å². The minimum absolute atomic E-state index is 0.404. The van der Waals surface area contributed by atoms with E-state index in [-0.39, 0.29) is 0 Å². The van der Waals surface area contributed by atoms with Crippen molar-refractivity contribution in [1.82, 2.24) is 19.4 Å². The molecular formula is C32H34N6O2. The molecule has 3 aromatic carbocycles. The van der Waals surface area contributed by atoms with Crippen LogP contribution >= 0.6 is 0 Å². The first kappa shape index (κ1) is 27.0. The van der Waals surface area contributed by atoms with Crippen molar-refractivity contribution >= 4 is 45.0 Å². The number of aromatic nitrogens is 3. The highest BCUT2D eigenvalue weighted by atomic mass is 16.2. The highest BCUT2D eigenvalue weighted by Gasteiger charge is 2.22. The largest absolute Gasteiger partial charge is 0.385 e. The van der Waals surface area contributed by atoms with Gasteiger partial charge in [0.05, 0.1) is 17.4 Å². The number of unbranched alkanes of at least 4 members (excludes halogenated alkanes) is 1. The first-order chi connectivity index (χ1) is 19.4. The number of hydrogen-bond acceptors (Lipinski definition) is 7. The van der Waals surface area contributed by atoms with Crippen LogP contribution in [0.5, 0.6) is 0 Å². The number of nitrogens with two attached hydrogens (primary N) is 1. The first-order valence-electron chi connectivity index (χ1n) is 13.6. The van der Waals surface area contributed by atoms with Crippen molar-refractivity contribution in [3.05, 3.63) is 95.8 Å². The SMILES string of the molecule is CN(C)CCc1c(NCCCCn2cnc3c(N)nc4ccccc4c32)cccc1C(=O)C(=O)c1ccccc1. The Bertz CT molecular complexity index is 1660. The summed E-state index contributed by atoms with van der Waals surface area (Å²) in [7, 11) is 4.00. The van der Waals surface area contributed by atoms with Gasteiger partial charge in [-0.2, -0.15) is 0 Å². The van der Waals surface area contributed by atoms with E-state index in [0.717, 1.165) is 65.7 Å². The molecule has 0 aliphatic heterocycles. The van der Waals surface area contributed by atoms with Gasteiger partial charge in [0.25, 0.3) is 0 Å². The van der Waals surface area contributed by atoms with Gasteiger partial charge < -0.3 is 20.5 Å². The summed E-state index contributed by atoms with van der Waals surface area (Å²) in [6.45, 7) is 2.29. The quantitative estimate of drug-likeness (QED) is 0.128. The Labute approximate surface area is 233 Å². The van der Waals surface area contributed by atoms with Gasteiger partial charge in [0.2, 0.25) is 11.6 Å². The molecule has 0 aliphatic rings. The van der Waals surface area contributed by atoms with Crippen molar-refractivity contribution in [2.75, 3.05) is 38.2 Å². The second-order valence-corrected chi connectivity index (χ2v) is 10.2. The van der Waals surface area contributed by atoms with Gasteiger partial charge in [-0.3, -0.25) is 9.59 Å². The molecule has 5 aromatic rings. The lowest BCUT2D eigenvalue weighted by atomic mass is 9.94. The van der Waals surface area contributed by atoms with Gasteiger partial charge in [-0.25, -0.2) is 9.97 Å². The van der Waals surface area contributed by atoms with E-state index in [1.54, 1.807) is 30.3 Å². The van der Waals surface area contributed by atoms with Gasteiger partial charge in [0.1, 0.15) is 5.52 Å². The number of nitrogens with one attached hydrogen (secondary N) is 1. The van der Waals surface area contributed by atoms with Crippen LogP contribution in [-0.4, -0.2) is 58.2 Å². The number of nitrogens with zero attached hydrogens (tertiary/aromatic N) is 4. The predicted octanol–water partition coefficient (Wildman–Crippen LogP) is 5.23. The van der Waals surface area contributed by atoms with Crippen molar-refractivity contribution in [2.45, 2.75) is 25.8 Å². The number of likely N-dealkylation sites (N-methyl/N-ethyl adjacent to an activating group) is 1. The van der Waals surface area contributed by atoms with Gasteiger partial charge in [0.15, 0.2) is 5.82 Å². The highest BCUT2D eigenvalue weighted by molar-refractivity contribution is 6.49. The topological polar surface area (TPSA) is 106 Å². The predicted molar refractivity (Wildman–Crippen MR) is 161 cm³/mol. The Morgan fingerprint density at radius 1 is 0.925 bits per heavy atom. The fourth-order valence-corrected chi connectivity index (χ4v) is 5.02. The number of hydrogen-bond donors (Lipinski definition) is 2. The Morgan fingerprint density at radius 2 is 1.70 bits per heavy atom. The van der Waals surface area contributed by atoms with Crippen molar-refractivity contribution in [1.29, 1.82) is 0 Å². The van der Waals surface area contributed by atoms with Crippen molar-refractivity contribution in [3.63, 3.8) is 0 Å². The fourth-order valence-electron chi connectivity index (χ4n) is 5.02. The number of pyridine rings is 1. The molecule has 0 bridgehead atoms. The molecule has 2 heterocycles. The molecule has 0 saturated heterocycles. The lowest BCUT2D eigenvalue weighted by molar-refractivity contribution is 0.0816. The lowest BCUT2D eigenvalue weighted by Crippen LogP contribution is -2.21. The van der Waals surface area contributed by atoms with Crippen LogP contribution in [0, 0.1) is 0 Å². The zero-order valence-electron chi connectivity index (χ0n) is 22.9. The minimum atomic E-state index is -0.486. The number of rotatable bonds is 12. The van der Waals surface area contributed by atoms with Gasteiger partial charge in [-0.15, -0.1) is 0 Å². The number of Topliss-reactive ketones (excluding diaryl/α,β-unsaturated/α-hetero) is 2. The molecule has 8 heteroatoms. The second kappa shape index (κ2) is 12.1. The molecule has 0 fully saturated rings. The molecular weight excluding hydrogens is 500 g/mol. The summed E-state index contributed by atoms with van der Waals surface area (Å²) in [6, 6.07) is 22.3. The maximum absolute atomic E-state index is 13.3. The molecule has 204 valence electrons. The third-order valence-corrected chi connectivity index (χ3v) is 7.09. The molecule has 5 rings (SSSR count). The Kier molecular flexibility index (Phi) is 8.17. The third kappa shape index (κ3) is 5.72. The number of fused-ring (bicyclic) bond motifs is 3. The Hall–Kier alpha value is -4.56. The van der Waals surface area contributed by atoms with Crippen LogP contribution in [0.25, 0.3) is 21.9 Å². The summed E-state index contributed by atoms with van der Waals surface area (Å²) in [5.41, 5.74) is 11.4. The number of aryl methyl sites for hydroxylation is 1. The number of para-hydroxylation sites is 1. The van der Waals surface area contributed by atoms with Gasteiger partial charge in [0, 0.05) is 41.8 Å². The Balaban J connectivity index is 1.28. The zero-order valence-corrected chi connectivity index (χ0v) is 22.9. The standard InChI is InChI=1S/C32H34N6O2/c1-37(2)20-17-23-24(31(40)30(39)22-11-4-3-5-12-22)14-10-16-26(23)34-18-8-9-19-38-21-35-28-29(38)25-13-6-7-15-27(25)36-32(28)33/h3-7,10-16,21,34H,8-9,17-20H2,1-2H3,(H2,33,36). The van der Waals surface area contributed by atoms with Crippen LogP contribution in [0.1, 0.15) is 39.1 Å². The summed E-state index contributed by atoms with van der Waals surface area (Å²) >= 11 is 0. The van der Waals surface area contributed by atoms with E-state index in [9.17, 15) is 9.59 Å².